The average Bonchev–Trinajstić information content (AvgIpc) is 2.99. The lowest BCUT2D eigenvalue weighted by Crippen LogP contribution is -2.46. The van der Waals surface area contributed by atoms with Gasteiger partial charge in [0.25, 0.3) is 10.2 Å². The predicted molar refractivity (Wildman–Crippen MR) is 98.7 cm³/mol. The van der Waals surface area contributed by atoms with Crippen molar-refractivity contribution in [2.75, 3.05) is 47.4 Å². The van der Waals surface area contributed by atoms with Crippen LogP contribution in [0, 0.1) is 5.41 Å². The summed E-state index contributed by atoms with van der Waals surface area (Å²) in [5.41, 5.74) is 1.34. The van der Waals surface area contributed by atoms with Gasteiger partial charge in [0.2, 0.25) is 0 Å². The topological polar surface area (TPSA) is 53.1 Å². The second kappa shape index (κ2) is 7.23. The molecule has 1 aromatic rings. The van der Waals surface area contributed by atoms with Crippen LogP contribution in [0.1, 0.15) is 24.8 Å². The molecule has 7 heteroatoms. The summed E-state index contributed by atoms with van der Waals surface area (Å²) in [5, 5.41) is 0. The normalized spacial score (nSPS) is 25.8. The van der Waals surface area contributed by atoms with Gasteiger partial charge >= 0.3 is 0 Å². The second-order valence-electron chi connectivity index (χ2n) is 7.54. The number of nitrogens with zero attached hydrogens (tertiary/aromatic N) is 3. The van der Waals surface area contributed by atoms with E-state index in [9.17, 15) is 8.42 Å². The molecule has 1 atom stereocenters. The van der Waals surface area contributed by atoms with Crippen LogP contribution in [0.15, 0.2) is 24.3 Å². The summed E-state index contributed by atoms with van der Waals surface area (Å²) in [7, 11) is 1.60. The van der Waals surface area contributed by atoms with E-state index in [0.29, 0.717) is 13.1 Å². The van der Waals surface area contributed by atoms with E-state index in [-0.39, 0.29) is 5.41 Å². The molecule has 0 amide bonds. The van der Waals surface area contributed by atoms with E-state index in [1.165, 1.54) is 9.87 Å². The maximum atomic E-state index is 12.4. The molecule has 0 bridgehead atoms. The van der Waals surface area contributed by atoms with Gasteiger partial charge < -0.3 is 4.74 Å². The van der Waals surface area contributed by atoms with Gasteiger partial charge in [0.05, 0.1) is 7.11 Å². The molecule has 2 fully saturated rings. The van der Waals surface area contributed by atoms with Gasteiger partial charge in [-0.2, -0.15) is 17.0 Å². The number of hydrogen-bond acceptors (Lipinski definition) is 4. The van der Waals surface area contributed by atoms with Gasteiger partial charge in [-0.3, -0.25) is 4.90 Å². The first-order chi connectivity index (χ1) is 11.8. The highest BCUT2D eigenvalue weighted by Crippen LogP contribution is 2.40. The third-order valence-corrected chi connectivity index (χ3v) is 7.36. The lowest BCUT2D eigenvalue weighted by molar-refractivity contribution is 0.0931. The molecule has 140 valence electrons. The molecule has 0 N–H and O–H groups in total. The van der Waals surface area contributed by atoms with Gasteiger partial charge in [0.15, 0.2) is 0 Å². The number of ether oxygens (including phenoxy) is 1. The van der Waals surface area contributed by atoms with E-state index in [1.807, 2.05) is 12.1 Å². The van der Waals surface area contributed by atoms with Crippen molar-refractivity contribution in [1.82, 2.24) is 13.5 Å². The van der Waals surface area contributed by atoms with Crippen LogP contribution in [-0.4, -0.2) is 69.3 Å². The molecule has 2 heterocycles. The molecule has 6 nitrogen and oxygen atoms in total. The summed E-state index contributed by atoms with van der Waals surface area (Å²) in [5.74, 6) is 0.883. The minimum atomic E-state index is -3.31. The van der Waals surface area contributed by atoms with Crippen molar-refractivity contribution in [2.45, 2.75) is 25.8 Å². The smallest absolute Gasteiger partial charge is 0.281 e. The van der Waals surface area contributed by atoms with Gasteiger partial charge in [-0.1, -0.05) is 12.1 Å². The van der Waals surface area contributed by atoms with E-state index in [0.717, 1.165) is 44.6 Å². The van der Waals surface area contributed by atoms with Crippen molar-refractivity contribution in [3.05, 3.63) is 29.8 Å². The quantitative estimate of drug-likeness (QED) is 0.796. The highest BCUT2D eigenvalue weighted by molar-refractivity contribution is 7.86. The molecule has 0 radical (unpaired) electrons. The zero-order chi connectivity index (χ0) is 18.1. The number of piperidine rings is 1. The highest BCUT2D eigenvalue weighted by Gasteiger charge is 2.45. The maximum Gasteiger partial charge on any atom is 0.281 e. The van der Waals surface area contributed by atoms with Crippen molar-refractivity contribution < 1.29 is 13.2 Å². The Balaban J connectivity index is 1.67. The molecule has 0 saturated carbocycles. The summed E-state index contributed by atoms with van der Waals surface area (Å²) in [6.07, 6.45) is 3.19. The number of rotatable bonds is 5. The van der Waals surface area contributed by atoms with E-state index in [2.05, 4.69) is 17.0 Å². The molecule has 2 aliphatic rings. The Hall–Kier alpha value is -1.15. The van der Waals surface area contributed by atoms with Crippen LogP contribution in [0.3, 0.4) is 0 Å². The zero-order valence-corrected chi connectivity index (χ0v) is 16.3. The molecule has 3 rings (SSSR count). The third kappa shape index (κ3) is 4.00. The van der Waals surface area contributed by atoms with Crippen LogP contribution in [0.4, 0.5) is 0 Å². The molecule has 1 aromatic carbocycles. The SMILES string of the molecule is COc1cccc(CN2CCCC3(CCN(S(=O)(=O)N(C)C)C3)C2)c1. The number of likely N-dealkylation sites (tertiary alicyclic amines) is 1. The number of methoxy groups -OCH3 is 1. The fourth-order valence-corrected chi connectivity index (χ4v) is 5.35. The lowest BCUT2D eigenvalue weighted by atomic mass is 9.79. The minimum Gasteiger partial charge on any atom is -0.497 e. The van der Waals surface area contributed by atoms with Crippen LogP contribution in [0.2, 0.25) is 0 Å². The first-order valence-electron chi connectivity index (χ1n) is 8.88. The van der Waals surface area contributed by atoms with Crippen molar-refractivity contribution in [1.29, 1.82) is 0 Å². The van der Waals surface area contributed by atoms with E-state index in [4.69, 9.17) is 4.74 Å². The molecule has 1 unspecified atom stereocenters. The van der Waals surface area contributed by atoms with E-state index in [1.54, 1.807) is 25.5 Å². The highest BCUT2D eigenvalue weighted by atomic mass is 32.2. The standard InChI is InChI=1S/C18H29N3O3S/c1-19(2)25(22,23)21-11-9-18(15-21)8-5-10-20(14-18)13-16-6-4-7-17(12-16)24-3/h4,6-7,12H,5,8-11,13-15H2,1-3H3. The largest absolute Gasteiger partial charge is 0.497 e. The fourth-order valence-electron chi connectivity index (χ4n) is 4.13. The average molecular weight is 368 g/mol. The van der Waals surface area contributed by atoms with Gasteiger partial charge in [0, 0.05) is 40.3 Å². The molecule has 0 aliphatic carbocycles. The van der Waals surface area contributed by atoms with Crippen LogP contribution in [0.25, 0.3) is 0 Å². The molecule has 2 saturated heterocycles. The molecule has 1 spiro atoms. The summed E-state index contributed by atoms with van der Waals surface area (Å²) in [6.45, 7) is 4.19. The van der Waals surface area contributed by atoms with Gasteiger partial charge in [-0.25, -0.2) is 0 Å². The Morgan fingerprint density at radius 2 is 2.00 bits per heavy atom. The predicted octanol–water partition coefficient (Wildman–Crippen LogP) is 1.79. The molecule has 2 aliphatic heterocycles. The maximum absolute atomic E-state index is 12.4. The van der Waals surface area contributed by atoms with Crippen LogP contribution < -0.4 is 4.74 Å². The Labute approximate surface area is 151 Å². The summed E-state index contributed by atoms with van der Waals surface area (Å²) >= 11 is 0. The molecule has 0 aromatic heterocycles. The van der Waals surface area contributed by atoms with Crippen LogP contribution in [-0.2, 0) is 16.8 Å². The molecule has 25 heavy (non-hydrogen) atoms. The first kappa shape index (κ1) is 18.6. The summed E-state index contributed by atoms with van der Waals surface area (Å²) in [6, 6.07) is 8.19. The molecular weight excluding hydrogens is 338 g/mol. The monoisotopic (exact) mass is 367 g/mol. The van der Waals surface area contributed by atoms with Crippen molar-refractivity contribution in [3.8, 4) is 5.75 Å². The van der Waals surface area contributed by atoms with Crippen molar-refractivity contribution in [2.24, 2.45) is 5.41 Å². The Morgan fingerprint density at radius 3 is 2.72 bits per heavy atom. The van der Waals surface area contributed by atoms with Crippen molar-refractivity contribution in [3.63, 3.8) is 0 Å². The summed E-state index contributed by atoms with van der Waals surface area (Å²) < 4.78 is 33.1. The zero-order valence-electron chi connectivity index (χ0n) is 15.4. The minimum absolute atomic E-state index is 0.0974. The van der Waals surface area contributed by atoms with Crippen LogP contribution >= 0.6 is 0 Å². The Kier molecular flexibility index (Phi) is 5.39. The Bertz CT molecular complexity index is 707. The Morgan fingerprint density at radius 1 is 1.20 bits per heavy atom. The van der Waals surface area contributed by atoms with E-state index < -0.39 is 10.2 Å². The number of benzene rings is 1. The van der Waals surface area contributed by atoms with Gasteiger partial charge in [0.1, 0.15) is 5.75 Å². The summed E-state index contributed by atoms with van der Waals surface area (Å²) in [4.78, 5) is 2.46. The van der Waals surface area contributed by atoms with Gasteiger partial charge in [-0.05, 0) is 48.9 Å². The number of hydrogen-bond donors (Lipinski definition) is 0. The van der Waals surface area contributed by atoms with E-state index >= 15 is 0 Å². The third-order valence-electron chi connectivity index (χ3n) is 5.47. The molecular formula is C18H29N3O3S. The first-order valence-corrected chi connectivity index (χ1v) is 10.3. The van der Waals surface area contributed by atoms with Gasteiger partial charge in [-0.15, -0.1) is 0 Å². The van der Waals surface area contributed by atoms with Crippen molar-refractivity contribution >= 4 is 10.2 Å². The lowest BCUT2D eigenvalue weighted by Gasteiger charge is -2.40. The fraction of sp³-hybridized carbons (Fsp3) is 0.667. The van der Waals surface area contributed by atoms with Crippen LogP contribution in [0.5, 0.6) is 5.75 Å². The second-order valence-corrected chi connectivity index (χ2v) is 9.68.